The van der Waals surface area contributed by atoms with Gasteiger partial charge in [0.15, 0.2) is 5.16 Å². The van der Waals surface area contributed by atoms with Gasteiger partial charge in [-0.2, -0.15) is 0 Å². The van der Waals surface area contributed by atoms with Gasteiger partial charge in [0.1, 0.15) is 0 Å². The number of nitrogens with zero attached hydrogens (tertiary/aromatic N) is 4. The number of fused-ring (bicyclic) bond motifs is 1. The molecule has 3 heterocycles. The molecule has 114 valence electrons. The molecule has 0 aliphatic carbocycles. The summed E-state index contributed by atoms with van der Waals surface area (Å²) in [6.45, 7) is 5.17. The highest BCUT2D eigenvalue weighted by Gasteiger charge is 2.29. The molecule has 1 aromatic heterocycles. The van der Waals surface area contributed by atoms with Crippen LogP contribution in [0.5, 0.6) is 0 Å². The fourth-order valence-electron chi connectivity index (χ4n) is 2.76. The molecular formula is C14H20N4O2S. The second-order valence-corrected chi connectivity index (χ2v) is 6.74. The summed E-state index contributed by atoms with van der Waals surface area (Å²) in [4.78, 5) is 33.1. The van der Waals surface area contributed by atoms with Gasteiger partial charge in [0.25, 0.3) is 5.56 Å². The van der Waals surface area contributed by atoms with Crippen LogP contribution < -0.4 is 5.56 Å². The predicted molar refractivity (Wildman–Crippen MR) is 81.7 cm³/mol. The minimum absolute atomic E-state index is 0.0128. The van der Waals surface area contributed by atoms with E-state index in [1.54, 1.807) is 29.4 Å². The van der Waals surface area contributed by atoms with E-state index in [1.165, 1.54) is 0 Å². The second-order valence-electron chi connectivity index (χ2n) is 5.75. The molecule has 0 unspecified atom stereocenters. The zero-order valence-electron chi connectivity index (χ0n) is 12.4. The van der Waals surface area contributed by atoms with Gasteiger partial charge in [0, 0.05) is 50.1 Å². The van der Waals surface area contributed by atoms with Gasteiger partial charge in [-0.05, 0) is 14.0 Å². The monoisotopic (exact) mass is 308 g/mol. The minimum Gasteiger partial charge on any atom is -0.340 e. The molecule has 2 aliphatic heterocycles. The number of aryl methyl sites for hydroxylation is 1. The first-order valence-electron chi connectivity index (χ1n) is 7.23. The summed E-state index contributed by atoms with van der Waals surface area (Å²) in [6, 6.07) is -0.0583. The van der Waals surface area contributed by atoms with Gasteiger partial charge < -0.3 is 9.80 Å². The van der Waals surface area contributed by atoms with Crippen LogP contribution in [0.15, 0.2) is 16.1 Å². The number of piperazine rings is 1. The topological polar surface area (TPSA) is 58.4 Å². The first-order chi connectivity index (χ1) is 10.1. The van der Waals surface area contributed by atoms with Gasteiger partial charge in [-0.3, -0.25) is 14.2 Å². The molecule has 2 aliphatic rings. The maximum atomic E-state index is 12.4. The van der Waals surface area contributed by atoms with E-state index in [4.69, 9.17) is 0 Å². The zero-order valence-corrected chi connectivity index (χ0v) is 13.2. The maximum absolute atomic E-state index is 12.4. The van der Waals surface area contributed by atoms with Crippen LogP contribution in [0.3, 0.4) is 0 Å². The number of carbonyl (C=O) groups is 1. The minimum atomic E-state index is -0.0583. The van der Waals surface area contributed by atoms with E-state index in [-0.39, 0.29) is 17.5 Å². The quantitative estimate of drug-likeness (QED) is 0.739. The van der Waals surface area contributed by atoms with Gasteiger partial charge in [-0.15, -0.1) is 0 Å². The maximum Gasteiger partial charge on any atom is 0.257 e. The van der Waals surface area contributed by atoms with Crippen LogP contribution in [-0.4, -0.2) is 64.2 Å². The Hall–Kier alpha value is -1.34. The number of hydrogen-bond acceptors (Lipinski definition) is 5. The van der Waals surface area contributed by atoms with E-state index in [0.717, 1.165) is 37.1 Å². The molecule has 0 radical (unpaired) electrons. The summed E-state index contributed by atoms with van der Waals surface area (Å²) in [6.07, 6.45) is 2.01. The third-order valence-corrected chi connectivity index (χ3v) is 5.28. The normalized spacial score (nSPS) is 22.4. The molecule has 0 saturated carbocycles. The Balaban J connectivity index is 1.72. The van der Waals surface area contributed by atoms with E-state index in [1.807, 2.05) is 4.90 Å². The first kappa shape index (κ1) is 14.6. The van der Waals surface area contributed by atoms with E-state index in [2.05, 4.69) is 16.9 Å². The number of amides is 1. The average molecular weight is 308 g/mol. The zero-order chi connectivity index (χ0) is 15.0. The number of thioether (sulfide) groups is 1. The summed E-state index contributed by atoms with van der Waals surface area (Å²) in [7, 11) is 2.07. The molecule has 1 amide bonds. The predicted octanol–water partition coefficient (Wildman–Crippen LogP) is 0.363. The standard InChI is InChI=1S/C14H20N4O2S/c1-10-8-15-14-18(13(10)20)11(9-21-14)7-12(19)17-5-3-16(2)4-6-17/h8,11H,3-7,9H2,1-2H3/t11-/m1/s1. The lowest BCUT2D eigenvalue weighted by Crippen LogP contribution is -2.47. The Morgan fingerprint density at radius 2 is 2.10 bits per heavy atom. The first-order valence-corrected chi connectivity index (χ1v) is 8.22. The molecule has 6 nitrogen and oxygen atoms in total. The molecule has 0 bridgehead atoms. The molecule has 0 N–H and O–H groups in total. The Bertz CT molecular complexity index is 607. The van der Waals surface area contributed by atoms with Gasteiger partial charge >= 0.3 is 0 Å². The van der Waals surface area contributed by atoms with Crippen molar-refractivity contribution >= 4 is 17.7 Å². The average Bonchev–Trinajstić information content (AvgIpc) is 2.87. The summed E-state index contributed by atoms with van der Waals surface area (Å²) in [5, 5.41) is 0.738. The van der Waals surface area contributed by atoms with E-state index < -0.39 is 0 Å². The summed E-state index contributed by atoms with van der Waals surface area (Å²) in [5.41, 5.74) is 0.625. The number of likely N-dealkylation sites (N-methyl/N-ethyl adjacent to an activating group) is 1. The van der Waals surface area contributed by atoms with Crippen molar-refractivity contribution < 1.29 is 4.79 Å². The van der Waals surface area contributed by atoms with Gasteiger partial charge in [-0.25, -0.2) is 4.98 Å². The SMILES string of the molecule is Cc1cnc2n(c1=O)[C@H](CC(=O)N1CCN(C)CC1)CS2. The largest absolute Gasteiger partial charge is 0.340 e. The lowest BCUT2D eigenvalue weighted by molar-refractivity contribution is -0.133. The van der Waals surface area contributed by atoms with Crippen LogP contribution >= 0.6 is 11.8 Å². The van der Waals surface area contributed by atoms with Gasteiger partial charge in [0.05, 0.1) is 6.04 Å². The summed E-state index contributed by atoms with van der Waals surface area (Å²) in [5.74, 6) is 0.903. The summed E-state index contributed by atoms with van der Waals surface area (Å²) >= 11 is 1.56. The molecule has 3 rings (SSSR count). The highest BCUT2D eigenvalue weighted by Crippen LogP contribution is 2.32. The van der Waals surface area contributed by atoms with Crippen LogP contribution in [0, 0.1) is 6.92 Å². The van der Waals surface area contributed by atoms with Crippen molar-refractivity contribution in [2.24, 2.45) is 0 Å². The smallest absolute Gasteiger partial charge is 0.257 e. The molecule has 1 fully saturated rings. The highest BCUT2D eigenvalue weighted by atomic mass is 32.2. The van der Waals surface area contributed by atoms with Gasteiger partial charge in [0.2, 0.25) is 5.91 Å². The van der Waals surface area contributed by atoms with E-state index in [9.17, 15) is 9.59 Å². The summed E-state index contributed by atoms with van der Waals surface area (Å²) < 4.78 is 1.70. The molecule has 21 heavy (non-hydrogen) atoms. The van der Waals surface area contributed by atoms with Crippen LogP contribution in [0.2, 0.25) is 0 Å². The van der Waals surface area contributed by atoms with Crippen molar-refractivity contribution in [3.8, 4) is 0 Å². The molecule has 0 aromatic carbocycles. The lowest BCUT2D eigenvalue weighted by Gasteiger charge is -2.33. The number of aromatic nitrogens is 2. The van der Waals surface area contributed by atoms with E-state index >= 15 is 0 Å². The molecule has 1 saturated heterocycles. The van der Waals surface area contributed by atoms with Crippen molar-refractivity contribution in [1.29, 1.82) is 0 Å². The van der Waals surface area contributed by atoms with Gasteiger partial charge in [-0.1, -0.05) is 11.8 Å². The van der Waals surface area contributed by atoms with Crippen LogP contribution in [0.1, 0.15) is 18.0 Å². The third kappa shape index (κ3) is 2.85. The molecule has 7 heteroatoms. The highest BCUT2D eigenvalue weighted by molar-refractivity contribution is 7.99. The van der Waals surface area contributed by atoms with Crippen molar-refractivity contribution in [2.75, 3.05) is 39.0 Å². The van der Waals surface area contributed by atoms with Crippen LogP contribution in [0.25, 0.3) is 0 Å². The Labute approximate surface area is 128 Å². The Kier molecular flexibility index (Phi) is 4.03. The Morgan fingerprint density at radius 3 is 2.81 bits per heavy atom. The second kappa shape index (κ2) is 5.81. The molecule has 0 spiro atoms. The molecule has 1 aromatic rings. The molecule has 1 atom stereocenters. The van der Waals surface area contributed by atoms with Crippen molar-refractivity contribution in [1.82, 2.24) is 19.4 Å². The van der Waals surface area contributed by atoms with Crippen molar-refractivity contribution in [3.63, 3.8) is 0 Å². The lowest BCUT2D eigenvalue weighted by atomic mass is 10.2. The van der Waals surface area contributed by atoms with Crippen molar-refractivity contribution in [3.05, 3.63) is 22.1 Å². The number of hydrogen-bond donors (Lipinski definition) is 0. The third-order valence-electron chi connectivity index (χ3n) is 4.17. The van der Waals surface area contributed by atoms with Crippen molar-refractivity contribution in [2.45, 2.75) is 24.5 Å². The number of rotatable bonds is 2. The van der Waals surface area contributed by atoms with Crippen LogP contribution in [-0.2, 0) is 4.79 Å². The Morgan fingerprint density at radius 1 is 1.38 bits per heavy atom. The van der Waals surface area contributed by atoms with E-state index in [0.29, 0.717) is 12.0 Å². The number of carbonyl (C=O) groups excluding carboxylic acids is 1. The molecular weight excluding hydrogens is 288 g/mol. The fraction of sp³-hybridized carbons (Fsp3) is 0.643. The van der Waals surface area contributed by atoms with Crippen LogP contribution in [0.4, 0.5) is 0 Å². The fourth-order valence-corrected chi connectivity index (χ4v) is 3.86.